The second-order valence-electron chi connectivity index (χ2n) is 9.62. The number of benzene rings is 2. The minimum atomic E-state index is -0.529. The topological polar surface area (TPSA) is 76.6 Å². The predicted molar refractivity (Wildman–Crippen MR) is 133 cm³/mol. The van der Waals surface area contributed by atoms with Gasteiger partial charge >= 0.3 is 5.69 Å². The number of ether oxygens (including phenoxy) is 3. The normalized spacial score (nSPS) is 18.1. The summed E-state index contributed by atoms with van der Waals surface area (Å²) < 4.78 is 22.4. The summed E-state index contributed by atoms with van der Waals surface area (Å²) in [6.45, 7) is 4.69. The molecule has 35 heavy (non-hydrogen) atoms. The van der Waals surface area contributed by atoms with Crippen LogP contribution in [0.15, 0.2) is 52.1 Å². The molecule has 2 aromatic heterocycles. The van der Waals surface area contributed by atoms with Gasteiger partial charge in [0.15, 0.2) is 11.5 Å². The Balaban J connectivity index is 1.77. The summed E-state index contributed by atoms with van der Waals surface area (Å²) in [5, 5.41) is 1.07. The quantitative estimate of drug-likeness (QED) is 0.423. The summed E-state index contributed by atoms with van der Waals surface area (Å²) in [6, 6.07) is 13.1. The summed E-state index contributed by atoms with van der Waals surface area (Å²) in [6.07, 6.45) is -0.529. The molecule has 2 aliphatic rings. The lowest BCUT2D eigenvalue weighted by Crippen LogP contribution is -2.40. The molecular weight excluding hydrogens is 470 g/mol. The summed E-state index contributed by atoms with van der Waals surface area (Å²) in [5.74, 6) is 1.31. The molecule has 0 aliphatic carbocycles. The second kappa shape index (κ2) is 7.50. The van der Waals surface area contributed by atoms with E-state index < -0.39 is 17.3 Å². The molecule has 0 fully saturated rings. The van der Waals surface area contributed by atoms with Gasteiger partial charge in [0.25, 0.3) is 5.56 Å². The fourth-order valence-electron chi connectivity index (χ4n) is 5.21. The molecule has 0 saturated carbocycles. The molecule has 0 amide bonds. The summed E-state index contributed by atoms with van der Waals surface area (Å²) >= 11 is 6.18. The molecule has 6 rings (SSSR count). The Hall–Kier alpha value is -3.49. The smallest absolute Gasteiger partial charge is 0.331 e. The van der Waals surface area contributed by atoms with E-state index in [0.717, 1.165) is 27.1 Å². The molecule has 0 radical (unpaired) electrons. The van der Waals surface area contributed by atoms with E-state index in [1.807, 2.05) is 30.3 Å². The van der Waals surface area contributed by atoms with Gasteiger partial charge in [-0.25, -0.2) is 4.79 Å². The summed E-state index contributed by atoms with van der Waals surface area (Å²) in [5.41, 5.74) is 2.47. The van der Waals surface area contributed by atoms with Crippen molar-refractivity contribution in [2.24, 2.45) is 14.1 Å². The largest absolute Gasteiger partial charge is 0.454 e. The molecule has 2 aromatic carbocycles. The van der Waals surface area contributed by atoms with Crippen molar-refractivity contribution in [1.82, 2.24) is 13.7 Å². The van der Waals surface area contributed by atoms with Crippen LogP contribution in [0.1, 0.15) is 31.2 Å². The Morgan fingerprint density at radius 1 is 0.971 bits per heavy atom. The Labute approximate surface area is 205 Å². The van der Waals surface area contributed by atoms with Crippen LogP contribution in [0, 0.1) is 0 Å². The van der Waals surface area contributed by atoms with Gasteiger partial charge in [-0.3, -0.25) is 13.9 Å². The van der Waals surface area contributed by atoms with Crippen LogP contribution < -0.4 is 20.7 Å². The molecule has 9 heteroatoms. The monoisotopic (exact) mass is 493 g/mol. The van der Waals surface area contributed by atoms with Crippen molar-refractivity contribution in [1.29, 1.82) is 0 Å². The number of aromatic nitrogens is 3. The van der Waals surface area contributed by atoms with Crippen LogP contribution in [-0.4, -0.2) is 27.1 Å². The van der Waals surface area contributed by atoms with Gasteiger partial charge in [-0.05, 0) is 49.2 Å². The maximum absolute atomic E-state index is 13.6. The van der Waals surface area contributed by atoms with Crippen LogP contribution in [0.5, 0.6) is 11.5 Å². The Kier molecular flexibility index (Phi) is 4.72. The third kappa shape index (κ3) is 3.10. The number of rotatable bonds is 2. The highest BCUT2D eigenvalue weighted by molar-refractivity contribution is 6.30. The lowest BCUT2D eigenvalue weighted by Gasteiger charge is -2.39. The van der Waals surface area contributed by atoms with Crippen LogP contribution in [0.3, 0.4) is 0 Å². The first-order valence-corrected chi connectivity index (χ1v) is 11.7. The molecule has 1 unspecified atom stereocenters. The number of aryl methyl sites for hydroxylation is 1. The lowest BCUT2D eigenvalue weighted by molar-refractivity contribution is -0.00713. The minimum absolute atomic E-state index is 0.169. The molecule has 0 bridgehead atoms. The fourth-order valence-corrected chi connectivity index (χ4v) is 5.33. The first-order chi connectivity index (χ1) is 16.7. The van der Waals surface area contributed by atoms with Gasteiger partial charge in [0.05, 0.1) is 34.4 Å². The molecule has 1 atom stereocenters. The van der Waals surface area contributed by atoms with E-state index >= 15 is 0 Å². The zero-order chi connectivity index (χ0) is 24.6. The fraction of sp³-hybridized carbons (Fsp3) is 0.308. The maximum atomic E-state index is 13.6. The van der Waals surface area contributed by atoms with E-state index in [9.17, 15) is 9.59 Å². The van der Waals surface area contributed by atoms with Crippen molar-refractivity contribution >= 4 is 22.5 Å². The van der Waals surface area contributed by atoms with E-state index in [2.05, 4.69) is 18.4 Å². The highest BCUT2D eigenvalue weighted by atomic mass is 35.5. The van der Waals surface area contributed by atoms with Gasteiger partial charge < -0.3 is 18.8 Å². The van der Waals surface area contributed by atoms with E-state index in [-0.39, 0.29) is 12.4 Å². The van der Waals surface area contributed by atoms with Crippen molar-refractivity contribution in [2.75, 3.05) is 13.4 Å². The number of hydrogen-bond acceptors (Lipinski definition) is 5. The molecule has 4 aromatic rings. The molecule has 2 aliphatic heterocycles. The highest BCUT2D eigenvalue weighted by Gasteiger charge is 2.41. The van der Waals surface area contributed by atoms with Crippen LogP contribution in [0.4, 0.5) is 0 Å². The van der Waals surface area contributed by atoms with Gasteiger partial charge in [0.2, 0.25) is 6.79 Å². The number of fused-ring (bicyclic) bond motifs is 4. The van der Waals surface area contributed by atoms with Gasteiger partial charge in [0, 0.05) is 19.1 Å². The summed E-state index contributed by atoms with van der Waals surface area (Å²) in [7, 11) is 3.19. The van der Waals surface area contributed by atoms with Crippen molar-refractivity contribution in [3.8, 4) is 22.8 Å². The predicted octanol–water partition coefficient (Wildman–Crippen LogP) is 3.94. The third-order valence-electron chi connectivity index (χ3n) is 6.88. The third-order valence-corrected chi connectivity index (χ3v) is 7.13. The van der Waals surface area contributed by atoms with Gasteiger partial charge in [0.1, 0.15) is 6.10 Å². The van der Waals surface area contributed by atoms with E-state index in [4.69, 9.17) is 25.8 Å². The summed E-state index contributed by atoms with van der Waals surface area (Å²) in [4.78, 5) is 26.7. The Bertz CT molecular complexity index is 1630. The van der Waals surface area contributed by atoms with Gasteiger partial charge in [-0.2, -0.15) is 0 Å². The molecule has 4 heterocycles. The number of halogens is 1. The molecule has 180 valence electrons. The van der Waals surface area contributed by atoms with Crippen molar-refractivity contribution in [2.45, 2.75) is 25.5 Å². The molecule has 0 spiro atoms. The van der Waals surface area contributed by atoms with Crippen molar-refractivity contribution < 1.29 is 14.2 Å². The van der Waals surface area contributed by atoms with E-state index in [1.165, 1.54) is 11.6 Å². The molecule has 0 N–H and O–H groups in total. The average molecular weight is 494 g/mol. The number of hydrogen-bond donors (Lipinski definition) is 0. The second-order valence-corrected chi connectivity index (χ2v) is 10.1. The zero-order valence-electron chi connectivity index (χ0n) is 19.8. The van der Waals surface area contributed by atoms with E-state index in [1.54, 1.807) is 19.2 Å². The van der Waals surface area contributed by atoms with Crippen molar-refractivity contribution in [3.05, 3.63) is 79.6 Å². The maximum Gasteiger partial charge on any atom is 0.331 e. The molecular formula is C26H24ClN3O5. The Morgan fingerprint density at radius 2 is 1.69 bits per heavy atom. The highest BCUT2D eigenvalue weighted by Crippen LogP contribution is 2.47. The minimum Gasteiger partial charge on any atom is -0.454 e. The van der Waals surface area contributed by atoms with Crippen molar-refractivity contribution in [3.63, 3.8) is 0 Å². The first-order valence-electron chi connectivity index (χ1n) is 11.3. The first kappa shape index (κ1) is 22.0. The van der Waals surface area contributed by atoms with Gasteiger partial charge in [-0.15, -0.1) is 0 Å². The number of nitrogens with zero attached hydrogens (tertiary/aromatic N) is 3. The zero-order valence-corrected chi connectivity index (χ0v) is 20.5. The lowest BCUT2D eigenvalue weighted by atomic mass is 9.97. The van der Waals surface area contributed by atoms with E-state index in [0.29, 0.717) is 34.0 Å². The standard InChI is InChI=1S/C26H24ClN3O5/c1-26(2)12-33-23(15-7-10-17-18(11-15)35-13-34-17)22-21-19(24(31)29(4)25(32)28(21)3)20(30(22)26)14-5-8-16(27)9-6-14/h5-11,23H,12-13H2,1-4H3. The Morgan fingerprint density at radius 3 is 2.43 bits per heavy atom. The van der Waals surface area contributed by atoms with Gasteiger partial charge in [-0.1, -0.05) is 29.8 Å². The average Bonchev–Trinajstić information content (AvgIpc) is 3.45. The van der Waals surface area contributed by atoms with Crippen LogP contribution in [-0.2, 0) is 24.4 Å². The molecule has 8 nitrogen and oxygen atoms in total. The van der Waals surface area contributed by atoms with Crippen LogP contribution in [0.2, 0.25) is 5.02 Å². The van der Waals surface area contributed by atoms with Crippen LogP contribution >= 0.6 is 11.6 Å². The molecule has 0 saturated heterocycles. The SMILES string of the molecule is Cn1c(=O)c2c(-c3ccc(Cl)cc3)n3c(c2n(C)c1=O)C(c1ccc2c(c1)OCO2)OCC3(C)C. The van der Waals surface area contributed by atoms with Crippen LogP contribution in [0.25, 0.3) is 22.2 Å².